The van der Waals surface area contributed by atoms with E-state index in [4.69, 9.17) is 0 Å². The summed E-state index contributed by atoms with van der Waals surface area (Å²) < 4.78 is 1.12. The summed E-state index contributed by atoms with van der Waals surface area (Å²) in [7, 11) is 1.95. The molecule has 90 valence electrons. The van der Waals surface area contributed by atoms with E-state index in [2.05, 4.69) is 50.5 Å². The quantitative estimate of drug-likeness (QED) is 0.842. The fourth-order valence-corrected chi connectivity index (χ4v) is 3.45. The molecule has 1 aromatic heterocycles. The largest absolute Gasteiger partial charge is 0.315 e. The molecule has 0 atom stereocenters. The summed E-state index contributed by atoms with van der Waals surface area (Å²) in [5.41, 5.74) is 0. The molecule has 0 unspecified atom stereocenters. The maximum atomic E-state index is 4.42. The summed E-state index contributed by atoms with van der Waals surface area (Å²) in [6.07, 6.45) is 1.96. The summed E-state index contributed by atoms with van der Waals surface area (Å²) in [6, 6.07) is 8.38. The molecule has 0 spiro atoms. The second-order valence-electron chi connectivity index (χ2n) is 3.49. The monoisotopic (exact) mass is 328 g/mol. The Bertz CT molecular complexity index is 468. The zero-order valence-electron chi connectivity index (χ0n) is 9.44. The van der Waals surface area contributed by atoms with Crippen molar-refractivity contribution in [2.45, 2.75) is 17.2 Å². The SMILES string of the molecule is CNCc1cnc(CSc2ccc(Br)cc2)s1. The lowest BCUT2D eigenvalue weighted by Gasteiger charge is -1.99. The van der Waals surface area contributed by atoms with Crippen LogP contribution in [0.1, 0.15) is 9.88 Å². The van der Waals surface area contributed by atoms with Gasteiger partial charge in [-0.1, -0.05) is 15.9 Å². The minimum absolute atomic E-state index is 0.903. The van der Waals surface area contributed by atoms with E-state index in [9.17, 15) is 0 Å². The van der Waals surface area contributed by atoms with Crippen molar-refractivity contribution < 1.29 is 0 Å². The Morgan fingerprint density at radius 2 is 2.12 bits per heavy atom. The number of thiazole rings is 1. The van der Waals surface area contributed by atoms with Gasteiger partial charge in [-0.3, -0.25) is 0 Å². The maximum Gasteiger partial charge on any atom is 0.103 e. The zero-order valence-corrected chi connectivity index (χ0v) is 12.7. The van der Waals surface area contributed by atoms with Crippen molar-refractivity contribution in [2.75, 3.05) is 7.05 Å². The van der Waals surface area contributed by atoms with E-state index in [-0.39, 0.29) is 0 Å². The first-order valence-electron chi connectivity index (χ1n) is 5.24. The number of benzene rings is 1. The van der Waals surface area contributed by atoms with Gasteiger partial charge in [0.1, 0.15) is 5.01 Å². The highest BCUT2D eigenvalue weighted by Crippen LogP contribution is 2.26. The zero-order chi connectivity index (χ0) is 12.1. The van der Waals surface area contributed by atoms with Crippen molar-refractivity contribution in [3.63, 3.8) is 0 Å². The Labute approximate surface area is 118 Å². The van der Waals surface area contributed by atoms with Gasteiger partial charge < -0.3 is 5.32 Å². The second kappa shape index (κ2) is 6.54. The molecule has 17 heavy (non-hydrogen) atoms. The molecule has 1 N–H and O–H groups in total. The van der Waals surface area contributed by atoms with Gasteiger partial charge in [-0.05, 0) is 31.3 Å². The topological polar surface area (TPSA) is 24.9 Å². The van der Waals surface area contributed by atoms with E-state index in [1.807, 2.05) is 25.0 Å². The van der Waals surface area contributed by atoms with Crippen LogP contribution >= 0.6 is 39.0 Å². The highest BCUT2D eigenvalue weighted by Gasteiger charge is 2.02. The molecule has 0 amide bonds. The molecule has 2 aromatic rings. The molecule has 2 rings (SSSR count). The number of nitrogens with one attached hydrogen (secondary N) is 1. The number of hydrogen-bond acceptors (Lipinski definition) is 4. The van der Waals surface area contributed by atoms with E-state index < -0.39 is 0 Å². The van der Waals surface area contributed by atoms with Crippen LogP contribution in [0.15, 0.2) is 39.8 Å². The van der Waals surface area contributed by atoms with Gasteiger partial charge in [0.25, 0.3) is 0 Å². The number of halogens is 1. The van der Waals surface area contributed by atoms with Crippen molar-refractivity contribution >= 4 is 39.0 Å². The molecule has 0 saturated carbocycles. The molecule has 0 aliphatic rings. The molecular weight excluding hydrogens is 316 g/mol. The fourth-order valence-electron chi connectivity index (χ4n) is 1.35. The molecule has 0 aliphatic heterocycles. The van der Waals surface area contributed by atoms with Crippen LogP contribution in [0.2, 0.25) is 0 Å². The lowest BCUT2D eigenvalue weighted by molar-refractivity contribution is 0.829. The van der Waals surface area contributed by atoms with Gasteiger partial charge in [0.15, 0.2) is 0 Å². The van der Waals surface area contributed by atoms with Gasteiger partial charge in [-0.2, -0.15) is 0 Å². The summed E-state index contributed by atoms with van der Waals surface area (Å²) in [5.74, 6) is 0.940. The molecule has 2 nitrogen and oxygen atoms in total. The molecule has 1 heterocycles. The van der Waals surface area contributed by atoms with E-state index in [1.54, 1.807) is 11.3 Å². The summed E-state index contributed by atoms with van der Waals surface area (Å²) in [4.78, 5) is 6.98. The number of nitrogens with zero attached hydrogens (tertiary/aromatic N) is 1. The van der Waals surface area contributed by atoms with Crippen LogP contribution in [0, 0.1) is 0 Å². The molecule has 0 saturated heterocycles. The van der Waals surface area contributed by atoms with Gasteiger partial charge in [0, 0.05) is 27.0 Å². The average molecular weight is 329 g/mol. The average Bonchev–Trinajstić information content (AvgIpc) is 2.77. The molecule has 0 aliphatic carbocycles. The second-order valence-corrected chi connectivity index (χ2v) is 6.66. The first kappa shape index (κ1) is 13.1. The number of rotatable bonds is 5. The highest BCUT2D eigenvalue weighted by molar-refractivity contribution is 9.10. The highest BCUT2D eigenvalue weighted by atomic mass is 79.9. The number of thioether (sulfide) groups is 1. The minimum Gasteiger partial charge on any atom is -0.315 e. The van der Waals surface area contributed by atoms with Gasteiger partial charge >= 0.3 is 0 Å². The smallest absolute Gasteiger partial charge is 0.103 e. The van der Waals surface area contributed by atoms with Crippen LogP contribution in [0.4, 0.5) is 0 Å². The summed E-state index contributed by atoms with van der Waals surface area (Å²) in [6.45, 7) is 0.903. The standard InChI is InChI=1S/C12H13BrN2S2/c1-14-6-11-7-15-12(17-11)8-16-10-4-2-9(13)3-5-10/h2-5,7,14H,6,8H2,1H3. The lowest BCUT2D eigenvalue weighted by Crippen LogP contribution is -2.02. The number of aromatic nitrogens is 1. The van der Waals surface area contributed by atoms with Gasteiger partial charge in [0.05, 0.1) is 5.75 Å². The van der Waals surface area contributed by atoms with Gasteiger partial charge in [0.2, 0.25) is 0 Å². The Kier molecular flexibility index (Phi) is 5.03. The van der Waals surface area contributed by atoms with Gasteiger partial charge in [-0.25, -0.2) is 4.98 Å². The predicted octanol–water partition coefficient (Wildman–Crippen LogP) is 3.92. The van der Waals surface area contributed by atoms with Crippen molar-refractivity contribution in [1.82, 2.24) is 10.3 Å². The summed E-state index contributed by atoms with van der Waals surface area (Å²) >= 11 is 7.03. The Balaban J connectivity index is 1.90. The van der Waals surface area contributed by atoms with Crippen LogP contribution in [0.3, 0.4) is 0 Å². The normalized spacial score (nSPS) is 10.7. The first-order valence-corrected chi connectivity index (χ1v) is 7.84. The first-order chi connectivity index (χ1) is 8.28. The number of hydrogen-bond donors (Lipinski definition) is 1. The lowest BCUT2D eigenvalue weighted by atomic mass is 10.4. The van der Waals surface area contributed by atoms with E-state index >= 15 is 0 Å². The van der Waals surface area contributed by atoms with E-state index in [1.165, 1.54) is 14.8 Å². The van der Waals surface area contributed by atoms with Crippen LogP contribution in [-0.2, 0) is 12.3 Å². The fraction of sp³-hybridized carbons (Fsp3) is 0.250. The molecule has 0 radical (unpaired) electrons. The molecular formula is C12H13BrN2S2. The third-order valence-electron chi connectivity index (χ3n) is 2.13. The van der Waals surface area contributed by atoms with Crippen LogP contribution in [-0.4, -0.2) is 12.0 Å². The third kappa shape index (κ3) is 4.10. The molecule has 1 aromatic carbocycles. The van der Waals surface area contributed by atoms with E-state index in [0.717, 1.165) is 16.8 Å². The molecule has 5 heteroatoms. The van der Waals surface area contributed by atoms with Crippen molar-refractivity contribution in [1.29, 1.82) is 0 Å². The van der Waals surface area contributed by atoms with Gasteiger partial charge in [-0.15, -0.1) is 23.1 Å². The third-order valence-corrected chi connectivity index (χ3v) is 4.86. The Morgan fingerprint density at radius 3 is 2.82 bits per heavy atom. The van der Waals surface area contributed by atoms with Crippen LogP contribution in [0.25, 0.3) is 0 Å². The molecule has 0 bridgehead atoms. The molecule has 0 fully saturated rings. The predicted molar refractivity (Wildman–Crippen MR) is 78.6 cm³/mol. The Morgan fingerprint density at radius 1 is 1.35 bits per heavy atom. The van der Waals surface area contributed by atoms with Crippen molar-refractivity contribution in [3.05, 3.63) is 44.8 Å². The maximum absolute atomic E-state index is 4.42. The van der Waals surface area contributed by atoms with Crippen LogP contribution < -0.4 is 5.32 Å². The summed E-state index contributed by atoms with van der Waals surface area (Å²) in [5, 5.41) is 4.32. The van der Waals surface area contributed by atoms with Crippen molar-refractivity contribution in [2.24, 2.45) is 0 Å². The minimum atomic E-state index is 0.903. The Hall–Kier alpha value is -0.360. The van der Waals surface area contributed by atoms with Crippen LogP contribution in [0.5, 0.6) is 0 Å². The van der Waals surface area contributed by atoms with Crippen molar-refractivity contribution in [3.8, 4) is 0 Å². The van der Waals surface area contributed by atoms with E-state index in [0.29, 0.717) is 0 Å².